The van der Waals surface area contributed by atoms with Gasteiger partial charge in [0.2, 0.25) is 17.8 Å². The Morgan fingerprint density at radius 1 is 0.941 bits per heavy atom. The Hall–Kier alpha value is -4.43. The van der Waals surface area contributed by atoms with Crippen LogP contribution in [0.1, 0.15) is 28.3 Å². The van der Waals surface area contributed by atoms with Crippen LogP contribution >= 0.6 is 0 Å². The van der Waals surface area contributed by atoms with Gasteiger partial charge in [-0.1, -0.05) is 18.2 Å². The zero-order chi connectivity index (χ0) is 24.3. The van der Waals surface area contributed by atoms with Gasteiger partial charge >= 0.3 is 6.18 Å². The van der Waals surface area contributed by atoms with E-state index in [2.05, 4.69) is 51.1 Å². The van der Waals surface area contributed by atoms with Gasteiger partial charge in [0.05, 0.1) is 24.3 Å². The highest BCUT2D eigenvalue weighted by atomic mass is 19.4. The van der Waals surface area contributed by atoms with E-state index >= 15 is 0 Å². The van der Waals surface area contributed by atoms with Crippen LogP contribution in [0.15, 0.2) is 30.6 Å². The molecule has 4 aromatic rings. The van der Waals surface area contributed by atoms with Gasteiger partial charge in [-0.25, -0.2) is 9.97 Å². The number of nitrogens with one attached hydrogen (secondary N) is 2. The number of aromatic nitrogens is 9. The number of para-hydroxylation sites is 1. The maximum atomic E-state index is 12.6. The van der Waals surface area contributed by atoms with Crippen LogP contribution in [-0.4, -0.2) is 45.1 Å². The lowest BCUT2D eigenvalue weighted by molar-refractivity contribution is -0.138. The van der Waals surface area contributed by atoms with Crippen LogP contribution in [0.5, 0.6) is 0 Å². The predicted octanol–water partition coefficient (Wildman–Crippen LogP) is 2.08. The number of alkyl halides is 3. The summed E-state index contributed by atoms with van der Waals surface area (Å²) in [5.74, 6) is 0.813. The zero-order valence-corrected chi connectivity index (χ0v) is 18.0. The molecular formula is C19H19F3N12. The van der Waals surface area contributed by atoms with Crippen molar-refractivity contribution in [2.45, 2.75) is 33.1 Å². The van der Waals surface area contributed by atoms with Crippen LogP contribution < -0.4 is 16.4 Å². The lowest BCUT2D eigenvalue weighted by Gasteiger charge is -2.12. The first-order chi connectivity index (χ1) is 16.2. The van der Waals surface area contributed by atoms with E-state index in [1.54, 1.807) is 4.68 Å². The fourth-order valence-corrected chi connectivity index (χ4v) is 3.09. The van der Waals surface area contributed by atoms with Crippen molar-refractivity contribution in [1.82, 2.24) is 45.1 Å². The maximum absolute atomic E-state index is 12.6. The standard InChI is InChI=1S/C19H19F3N12/c1-10-4-3-5-11(2)15(10)34-14(31-32-33-34)9-27-18-29-16(23)28-17(30-18)26-8-13-24-6-12(7-25-13)19(20,21)22/h3-7H,8-9H2,1-2H3,(H4,23,26,27,28,29,30). The van der Waals surface area contributed by atoms with Crippen molar-refractivity contribution >= 4 is 17.8 Å². The van der Waals surface area contributed by atoms with Crippen molar-refractivity contribution < 1.29 is 13.2 Å². The van der Waals surface area contributed by atoms with Crippen LogP contribution in [0.25, 0.3) is 5.69 Å². The first-order valence-electron chi connectivity index (χ1n) is 9.92. The third kappa shape index (κ3) is 5.13. The summed E-state index contributed by atoms with van der Waals surface area (Å²) in [6.07, 6.45) is -3.09. The number of anilines is 3. The van der Waals surface area contributed by atoms with Crippen LogP contribution in [0, 0.1) is 13.8 Å². The Kier molecular flexibility index (Phi) is 6.16. The van der Waals surface area contributed by atoms with E-state index in [9.17, 15) is 13.2 Å². The molecule has 4 N–H and O–H groups in total. The van der Waals surface area contributed by atoms with Gasteiger partial charge in [0.15, 0.2) is 5.82 Å². The normalized spacial score (nSPS) is 11.4. The summed E-state index contributed by atoms with van der Waals surface area (Å²) in [4.78, 5) is 19.6. The molecule has 0 bridgehead atoms. The molecule has 0 unspecified atom stereocenters. The average molecular weight is 472 g/mol. The summed E-state index contributed by atoms with van der Waals surface area (Å²) < 4.78 is 39.5. The third-order valence-electron chi connectivity index (χ3n) is 4.68. The number of nitrogen functional groups attached to an aromatic ring is 1. The molecule has 176 valence electrons. The van der Waals surface area contributed by atoms with Crippen LogP contribution in [0.2, 0.25) is 0 Å². The minimum Gasteiger partial charge on any atom is -0.368 e. The Balaban J connectivity index is 1.44. The molecule has 1 aromatic carbocycles. The Bertz CT molecular complexity index is 1270. The molecule has 0 spiro atoms. The Labute approximate surface area is 190 Å². The van der Waals surface area contributed by atoms with Gasteiger partial charge in [-0.05, 0) is 35.4 Å². The smallest absolute Gasteiger partial charge is 0.368 e. The van der Waals surface area contributed by atoms with Gasteiger partial charge in [0.1, 0.15) is 5.82 Å². The van der Waals surface area contributed by atoms with Gasteiger partial charge < -0.3 is 16.4 Å². The van der Waals surface area contributed by atoms with Gasteiger partial charge in [0.25, 0.3) is 0 Å². The SMILES string of the molecule is Cc1cccc(C)c1-n1nnnc1CNc1nc(N)nc(NCc2ncc(C(F)(F)F)cn2)n1. The molecule has 34 heavy (non-hydrogen) atoms. The second-order valence-electron chi connectivity index (χ2n) is 7.18. The summed E-state index contributed by atoms with van der Waals surface area (Å²) >= 11 is 0. The molecular weight excluding hydrogens is 453 g/mol. The zero-order valence-electron chi connectivity index (χ0n) is 18.0. The highest BCUT2D eigenvalue weighted by molar-refractivity contribution is 5.47. The van der Waals surface area contributed by atoms with E-state index in [1.165, 1.54) is 0 Å². The Morgan fingerprint density at radius 3 is 2.18 bits per heavy atom. The van der Waals surface area contributed by atoms with E-state index in [0.29, 0.717) is 18.2 Å². The van der Waals surface area contributed by atoms with Crippen LogP contribution in [-0.2, 0) is 19.3 Å². The number of hydrogen-bond acceptors (Lipinski definition) is 11. The molecule has 0 aliphatic rings. The third-order valence-corrected chi connectivity index (χ3v) is 4.68. The van der Waals surface area contributed by atoms with E-state index in [-0.39, 0.29) is 36.8 Å². The van der Waals surface area contributed by atoms with E-state index < -0.39 is 11.7 Å². The topological polar surface area (TPSA) is 158 Å². The number of nitrogens with zero attached hydrogens (tertiary/aromatic N) is 9. The van der Waals surface area contributed by atoms with E-state index in [1.807, 2.05) is 32.0 Å². The van der Waals surface area contributed by atoms with Crippen LogP contribution in [0.4, 0.5) is 31.0 Å². The number of benzene rings is 1. The summed E-state index contributed by atoms with van der Waals surface area (Å²) in [6, 6.07) is 5.88. The fraction of sp³-hybridized carbons (Fsp3) is 0.263. The molecule has 0 saturated heterocycles. The number of aryl methyl sites for hydroxylation is 2. The van der Waals surface area contributed by atoms with Crippen molar-refractivity contribution in [3.8, 4) is 5.69 Å². The molecule has 3 heterocycles. The van der Waals surface area contributed by atoms with Crippen molar-refractivity contribution in [2.24, 2.45) is 0 Å². The molecule has 0 atom stereocenters. The monoisotopic (exact) mass is 472 g/mol. The second kappa shape index (κ2) is 9.21. The first kappa shape index (κ1) is 22.8. The second-order valence-corrected chi connectivity index (χ2v) is 7.18. The summed E-state index contributed by atoms with van der Waals surface area (Å²) in [5.41, 5.74) is 7.72. The summed E-state index contributed by atoms with van der Waals surface area (Å²) in [5, 5.41) is 17.7. The van der Waals surface area contributed by atoms with Gasteiger partial charge in [-0.15, -0.1) is 5.10 Å². The van der Waals surface area contributed by atoms with Gasteiger partial charge in [-0.2, -0.15) is 32.8 Å². The molecule has 0 amide bonds. The lowest BCUT2D eigenvalue weighted by Crippen LogP contribution is -2.15. The fourth-order valence-electron chi connectivity index (χ4n) is 3.09. The van der Waals surface area contributed by atoms with Crippen molar-refractivity contribution in [3.05, 3.63) is 58.9 Å². The average Bonchev–Trinajstić information content (AvgIpc) is 3.24. The van der Waals surface area contributed by atoms with Crippen molar-refractivity contribution in [2.75, 3.05) is 16.4 Å². The predicted molar refractivity (Wildman–Crippen MR) is 115 cm³/mol. The van der Waals surface area contributed by atoms with Crippen LogP contribution in [0.3, 0.4) is 0 Å². The minimum atomic E-state index is -4.51. The molecule has 0 saturated carbocycles. The number of halogens is 3. The first-order valence-corrected chi connectivity index (χ1v) is 9.92. The lowest BCUT2D eigenvalue weighted by atomic mass is 10.1. The number of hydrogen-bond donors (Lipinski definition) is 3. The number of tetrazole rings is 1. The molecule has 15 heteroatoms. The number of nitrogens with two attached hydrogens (primary N) is 1. The largest absolute Gasteiger partial charge is 0.419 e. The van der Waals surface area contributed by atoms with Crippen molar-refractivity contribution in [3.63, 3.8) is 0 Å². The molecule has 4 rings (SSSR count). The molecule has 0 radical (unpaired) electrons. The summed E-state index contributed by atoms with van der Waals surface area (Å²) in [7, 11) is 0. The Morgan fingerprint density at radius 2 is 1.56 bits per heavy atom. The minimum absolute atomic E-state index is 0.0220. The quantitative estimate of drug-likeness (QED) is 0.361. The van der Waals surface area contributed by atoms with Gasteiger partial charge in [-0.3, -0.25) is 0 Å². The number of rotatable bonds is 7. The molecule has 0 aliphatic carbocycles. The highest BCUT2D eigenvalue weighted by Gasteiger charge is 2.31. The summed E-state index contributed by atoms with van der Waals surface area (Å²) in [6.45, 7) is 4.09. The van der Waals surface area contributed by atoms with E-state index in [0.717, 1.165) is 16.8 Å². The van der Waals surface area contributed by atoms with Gasteiger partial charge in [0, 0.05) is 12.4 Å². The molecule has 3 aromatic heterocycles. The van der Waals surface area contributed by atoms with E-state index in [4.69, 9.17) is 5.73 Å². The maximum Gasteiger partial charge on any atom is 0.419 e. The molecule has 0 fully saturated rings. The van der Waals surface area contributed by atoms with Crippen molar-refractivity contribution in [1.29, 1.82) is 0 Å². The molecule has 0 aliphatic heterocycles. The molecule has 12 nitrogen and oxygen atoms in total. The highest BCUT2D eigenvalue weighted by Crippen LogP contribution is 2.27.